The van der Waals surface area contributed by atoms with E-state index in [-0.39, 0.29) is 11.4 Å². The molecule has 2 rings (SSSR count). The lowest BCUT2D eigenvalue weighted by atomic mass is 10.2. The van der Waals surface area contributed by atoms with E-state index in [1.807, 2.05) is 25.1 Å². The number of aromatic nitrogens is 2. The number of hydrogen-bond acceptors (Lipinski definition) is 3. The molecule has 0 spiro atoms. The highest BCUT2D eigenvalue weighted by Crippen LogP contribution is 2.20. The van der Waals surface area contributed by atoms with Gasteiger partial charge >= 0.3 is 6.09 Å². The summed E-state index contributed by atoms with van der Waals surface area (Å²) < 4.78 is 2.51. The summed E-state index contributed by atoms with van der Waals surface area (Å²) in [5, 5.41) is 14.9. The number of aryl methyl sites for hydroxylation is 1. The molecule has 2 aromatic rings. The minimum Gasteiger partial charge on any atom is -0.465 e. The number of carbonyl (C=O) groups excluding carboxylic acids is 1. The average molecular weight is 386 g/mol. The highest BCUT2D eigenvalue weighted by molar-refractivity contribution is 14.1. The van der Waals surface area contributed by atoms with Gasteiger partial charge in [0.15, 0.2) is 5.69 Å². The average Bonchev–Trinajstić information content (AvgIpc) is 2.76. The first-order chi connectivity index (χ1) is 9.38. The third kappa shape index (κ3) is 2.90. The second-order valence-corrected chi connectivity index (χ2v) is 5.23. The van der Waals surface area contributed by atoms with Crippen LogP contribution in [-0.2, 0) is 0 Å². The highest BCUT2D eigenvalue weighted by Gasteiger charge is 2.16. The van der Waals surface area contributed by atoms with Crippen molar-refractivity contribution < 1.29 is 14.7 Å². The predicted molar refractivity (Wildman–Crippen MR) is 81.2 cm³/mol. The summed E-state index contributed by atoms with van der Waals surface area (Å²) in [6, 6.07) is 5.60. The molecule has 104 valence electrons. The van der Waals surface area contributed by atoms with Gasteiger partial charge in [0.05, 0.1) is 17.6 Å². The van der Waals surface area contributed by atoms with Gasteiger partial charge in [0.2, 0.25) is 0 Å². The van der Waals surface area contributed by atoms with E-state index in [2.05, 4.69) is 33.0 Å². The standard InChI is InChI=1S/C12H11IN4O3/c1-6-4-7(2-3-8(6)13)17-5-9(15-12(19)20)10(16-17)11(14)18/h2-5,15H,1H3,(H2,14,18)(H,19,20). The maximum absolute atomic E-state index is 11.3. The zero-order chi connectivity index (χ0) is 14.9. The van der Waals surface area contributed by atoms with Crippen molar-refractivity contribution >= 4 is 40.3 Å². The van der Waals surface area contributed by atoms with E-state index in [1.165, 1.54) is 10.9 Å². The minimum atomic E-state index is -1.29. The summed E-state index contributed by atoms with van der Waals surface area (Å²) in [6.45, 7) is 1.94. The predicted octanol–water partition coefficient (Wildman–Crippen LogP) is 1.97. The molecule has 0 atom stereocenters. The van der Waals surface area contributed by atoms with E-state index in [4.69, 9.17) is 10.8 Å². The fourth-order valence-corrected chi connectivity index (χ4v) is 2.00. The van der Waals surface area contributed by atoms with Gasteiger partial charge in [0, 0.05) is 3.57 Å². The molecular weight excluding hydrogens is 375 g/mol. The lowest BCUT2D eigenvalue weighted by Gasteiger charge is -2.03. The van der Waals surface area contributed by atoms with Crippen molar-refractivity contribution in [2.24, 2.45) is 5.73 Å². The Morgan fingerprint density at radius 3 is 2.70 bits per heavy atom. The van der Waals surface area contributed by atoms with Crippen molar-refractivity contribution in [3.63, 3.8) is 0 Å². The molecule has 1 heterocycles. The number of rotatable bonds is 3. The molecular formula is C12H11IN4O3. The van der Waals surface area contributed by atoms with Gasteiger partial charge in [-0.2, -0.15) is 5.10 Å². The summed E-state index contributed by atoms with van der Waals surface area (Å²) >= 11 is 2.21. The van der Waals surface area contributed by atoms with Gasteiger partial charge in [0.1, 0.15) is 0 Å². The van der Waals surface area contributed by atoms with Gasteiger partial charge in [-0.25, -0.2) is 9.48 Å². The van der Waals surface area contributed by atoms with Gasteiger partial charge in [-0.3, -0.25) is 10.1 Å². The molecule has 4 N–H and O–H groups in total. The Bertz CT molecular complexity index is 696. The molecule has 7 nitrogen and oxygen atoms in total. The first-order valence-corrected chi connectivity index (χ1v) is 6.62. The van der Waals surface area contributed by atoms with Crippen LogP contribution in [0.15, 0.2) is 24.4 Å². The fraction of sp³-hybridized carbons (Fsp3) is 0.0833. The smallest absolute Gasteiger partial charge is 0.409 e. The third-order valence-corrected chi connectivity index (χ3v) is 3.81. The van der Waals surface area contributed by atoms with Crippen LogP contribution in [0.25, 0.3) is 5.69 Å². The van der Waals surface area contributed by atoms with Crippen molar-refractivity contribution in [1.29, 1.82) is 0 Å². The summed E-state index contributed by atoms with van der Waals surface area (Å²) in [5.74, 6) is -0.797. The number of nitrogens with two attached hydrogens (primary N) is 1. The van der Waals surface area contributed by atoms with E-state index in [0.717, 1.165) is 9.13 Å². The Hall–Kier alpha value is -2.10. The maximum Gasteiger partial charge on any atom is 0.409 e. The quantitative estimate of drug-likeness (QED) is 0.701. The van der Waals surface area contributed by atoms with Crippen LogP contribution in [-0.4, -0.2) is 26.9 Å². The summed E-state index contributed by atoms with van der Waals surface area (Å²) in [4.78, 5) is 22.0. The van der Waals surface area contributed by atoms with Crippen LogP contribution in [0.3, 0.4) is 0 Å². The molecule has 8 heteroatoms. The van der Waals surface area contributed by atoms with Gasteiger partial charge in [-0.15, -0.1) is 0 Å². The Morgan fingerprint density at radius 1 is 1.45 bits per heavy atom. The number of benzene rings is 1. The first kappa shape index (κ1) is 14.3. The number of carboxylic acid groups (broad SMARTS) is 1. The van der Waals surface area contributed by atoms with E-state index in [9.17, 15) is 9.59 Å². The topological polar surface area (TPSA) is 110 Å². The molecule has 0 fully saturated rings. The first-order valence-electron chi connectivity index (χ1n) is 5.54. The minimum absolute atomic E-state index is 0.0567. The molecule has 0 radical (unpaired) electrons. The fourth-order valence-electron chi connectivity index (χ4n) is 1.67. The zero-order valence-electron chi connectivity index (χ0n) is 10.4. The third-order valence-electron chi connectivity index (χ3n) is 2.60. The lowest BCUT2D eigenvalue weighted by Crippen LogP contribution is -2.16. The number of carbonyl (C=O) groups is 2. The number of hydrogen-bond donors (Lipinski definition) is 3. The molecule has 0 bridgehead atoms. The summed E-state index contributed by atoms with van der Waals surface area (Å²) in [6.07, 6.45) is 0.126. The van der Waals surface area contributed by atoms with Crippen LogP contribution in [0.1, 0.15) is 16.1 Å². The van der Waals surface area contributed by atoms with Gasteiger partial charge in [-0.05, 0) is 53.3 Å². The van der Waals surface area contributed by atoms with E-state index >= 15 is 0 Å². The van der Waals surface area contributed by atoms with Crippen LogP contribution in [0.2, 0.25) is 0 Å². The molecule has 20 heavy (non-hydrogen) atoms. The number of primary amides is 1. The molecule has 0 unspecified atom stereocenters. The molecule has 0 aliphatic rings. The van der Waals surface area contributed by atoms with Crippen LogP contribution in [0.4, 0.5) is 10.5 Å². The van der Waals surface area contributed by atoms with Crippen molar-refractivity contribution in [3.05, 3.63) is 39.2 Å². The van der Waals surface area contributed by atoms with Crippen LogP contribution in [0.5, 0.6) is 0 Å². The Labute approximate surface area is 127 Å². The Balaban J connectivity index is 2.49. The number of amides is 2. The lowest BCUT2D eigenvalue weighted by molar-refractivity contribution is 0.0996. The van der Waals surface area contributed by atoms with E-state index in [1.54, 1.807) is 0 Å². The molecule has 0 saturated carbocycles. The molecule has 2 amide bonds. The molecule has 1 aromatic heterocycles. The number of halogens is 1. The molecule has 0 aliphatic carbocycles. The second-order valence-electron chi connectivity index (χ2n) is 4.06. The summed E-state index contributed by atoms with van der Waals surface area (Å²) in [7, 11) is 0. The van der Waals surface area contributed by atoms with Crippen molar-refractivity contribution in [2.45, 2.75) is 6.92 Å². The second kappa shape index (κ2) is 5.49. The Morgan fingerprint density at radius 2 is 2.15 bits per heavy atom. The molecule has 0 saturated heterocycles. The van der Waals surface area contributed by atoms with Crippen LogP contribution >= 0.6 is 22.6 Å². The molecule has 1 aromatic carbocycles. The highest BCUT2D eigenvalue weighted by atomic mass is 127. The zero-order valence-corrected chi connectivity index (χ0v) is 12.6. The van der Waals surface area contributed by atoms with Crippen molar-refractivity contribution in [3.8, 4) is 5.69 Å². The summed E-state index contributed by atoms with van der Waals surface area (Å²) in [5.41, 5.74) is 6.88. The van der Waals surface area contributed by atoms with E-state index < -0.39 is 12.0 Å². The normalized spacial score (nSPS) is 10.3. The number of nitrogens with zero attached hydrogens (tertiary/aromatic N) is 2. The SMILES string of the molecule is Cc1cc(-n2cc(NC(=O)O)c(C(N)=O)n2)ccc1I. The van der Waals surface area contributed by atoms with Gasteiger partial charge < -0.3 is 10.8 Å². The Kier molecular flexibility index (Phi) is 3.93. The van der Waals surface area contributed by atoms with Crippen LogP contribution in [0, 0.1) is 10.5 Å². The van der Waals surface area contributed by atoms with E-state index in [0.29, 0.717) is 5.69 Å². The monoisotopic (exact) mass is 386 g/mol. The molecule has 0 aliphatic heterocycles. The maximum atomic E-state index is 11.3. The number of nitrogens with one attached hydrogen (secondary N) is 1. The number of anilines is 1. The van der Waals surface area contributed by atoms with Crippen LogP contribution < -0.4 is 11.1 Å². The van der Waals surface area contributed by atoms with Gasteiger partial charge in [-0.1, -0.05) is 0 Å². The largest absolute Gasteiger partial charge is 0.465 e. The van der Waals surface area contributed by atoms with Crippen molar-refractivity contribution in [1.82, 2.24) is 9.78 Å². The van der Waals surface area contributed by atoms with Crippen molar-refractivity contribution in [2.75, 3.05) is 5.32 Å². The van der Waals surface area contributed by atoms with Gasteiger partial charge in [0.25, 0.3) is 5.91 Å².